The Bertz CT molecular complexity index is 59.5. The van der Waals surface area contributed by atoms with Crippen molar-refractivity contribution in [1.29, 1.82) is 0 Å². The van der Waals surface area contributed by atoms with Crippen LogP contribution in [0, 0.1) is 0 Å². The molecule has 0 aromatic heterocycles. The predicted molar refractivity (Wildman–Crippen MR) is 33.7 cm³/mol. The van der Waals surface area contributed by atoms with Crippen molar-refractivity contribution in [2.45, 2.75) is 38.2 Å². The summed E-state index contributed by atoms with van der Waals surface area (Å²) in [7, 11) is 0. The molecule has 1 rings (SSSR count). The van der Waals surface area contributed by atoms with E-state index < -0.39 is 0 Å². The molecule has 0 N–H and O–H groups in total. The Morgan fingerprint density at radius 2 is 1.75 bits per heavy atom. The van der Waals surface area contributed by atoms with Crippen LogP contribution in [0.3, 0.4) is 0 Å². The zero-order valence-corrected chi connectivity index (χ0v) is 9.59. The molecule has 1 saturated carbocycles. The predicted octanol–water partition coefficient (Wildman–Crippen LogP) is 1.42. The van der Waals surface area contributed by atoms with Gasteiger partial charge in [0.15, 0.2) is 0 Å². The van der Waals surface area contributed by atoms with Gasteiger partial charge in [0.25, 0.3) is 0 Å². The Kier molecular flexibility index (Phi) is 3.34. The molecule has 0 aromatic carbocycles. The summed E-state index contributed by atoms with van der Waals surface area (Å²) in [5.41, 5.74) is 0. The Balaban J connectivity index is 2.13. The van der Waals surface area contributed by atoms with Gasteiger partial charge in [-0.05, 0) is 0 Å². The van der Waals surface area contributed by atoms with Crippen LogP contribution in [-0.4, -0.2) is 32.3 Å². The summed E-state index contributed by atoms with van der Waals surface area (Å²) in [4.78, 5) is 0. The van der Waals surface area contributed by atoms with E-state index in [9.17, 15) is 0 Å². The van der Waals surface area contributed by atoms with Gasteiger partial charge in [0.1, 0.15) is 0 Å². The third-order valence-corrected chi connectivity index (χ3v) is 3.24. The van der Waals surface area contributed by atoms with E-state index in [1.807, 2.05) is 0 Å². The molecule has 0 amide bonds. The van der Waals surface area contributed by atoms with Crippen molar-refractivity contribution < 1.29 is 2.69 Å². The average molecular weight is 304 g/mol. The molecular formula is C6H11OTl. The van der Waals surface area contributed by atoms with Crippen molar-refractivity contribution in [1.82, 2.24) is 0 Å². The molecule has 0 aromatic rings. The first-order valence-corrected chi connectivity index (χ1v) is 5.12. The van der Waals surface area contributed by atoms with E-state index in [4.69, 9.17) is 2.69 Å². The Labute approximate surface area is 67.1 Å². The maximum absolute atomic E-state index is 5.36. The van der Waals surface area contributed by atoms with Crippen molar-refractivity contribution in [3.05, 3.63) is 0 Å². The zero-order valence-electron chi connectivity index (χ0n) is 5.10. The summed E-state index contributed by atoms with van der Waals surface area (Å²) in [6.45, 7) is 0. The fourth-order valence-corrected chi connectivity index (χ4v) is 2.26. The van der Waals surface area contributed by atoms with Gasteiger partial charge in [-0.25, -0.2) is 0 Å². The normalized spacial score (nSPS) is 23.4. The molecule has 0 unspecified atom stereocenters. The molecule has 0 spiro atoms. The maximum atomic E-state index is 5.36. The number of hydrogen-bond donors (Lipinski definition) is 0. The van der Waals surface area contributed by atoms with Crippen LogP contribution in [0.15, 0.2) is 0 Å². The minimum absolute atomic E-state index is 0.661. The summed E-state index contributed by atoms with van der Waals surface area (Å²) >= 11 is 0.753. The number of hydrogen-bond acceptors (Lipinski definition) is 1. The first-order chi connectivity index (χ1) is 3.93. The van der Waals surface area contributed by atoms with Crippen molar-refractivity contribution in [3.63, 3.8) is 0 Å². The standard InChI is InChI=1S/C6H11O.Tl/c7-6-4-2-1-3-5-6;/h6H,1-5H2;/q-1;+1. The van der Waals surface area contributed by atoms with Crippen LogP contribution >= 0.6 is 0 Å². The minimum atomic E-state index is 0.661. The monoisotopic (exact) mass is 304 g/mol. The van der Waals surface area contributed by atoms with Crippen LogP contribution in [0.2, 0.25) is 0 Å². The SMILES string of the molecule is [Tl][O]C1CCCCC1. The van der Waals surface area contributed by atoms with Gasteiger partial charge in [-0.1, -0.05) is 0 Å². The third kappa shape index (κ3) is 2.01. The molecule has 0 radical (unpaired) electrons. The Hall–Kier alpha value is 0.882. The Morgan fingerprint density at radius 1 is 1.12 bits per heavy atom. The van der Waals surface area contributed by atoms with Crippen LogP contribution in [0.4, 0.5) is 0 Å². The van der Waals surface area contributed by atoms with Gasteiger partial charge in [0.05, 0.1) is 0 Å². The molecule has 0 heterocycles. The van der Waals surface area contributed by atoms with E-state index in [0.29, 0.717) is 6.10 Å². The molecular weight excluding hydrogens is 292 g/mol. The molecule has 2 heteroatoms. The van der Waals surface area contributed by atoms with Gasteiger partial charge in [-0.3, -0.25) is 0 Å². The van der Waals surface area contributed by atoms with Crippen LogP contribution in [-0.2, 0) is 2.69 Å². The van der Waals surface area contributed by atoms with Crippen molar-refractivity contribution in [2.75, 3.05) is 0 Å². The van der Waals surface area contributed by atoms with Crippen molar-refractivity contribution in [2.24, 2.45) is 0 Å². The van der Waals surface area contributed by atoms with Crippen LogP contribution < -0.4 is 0 Å². The molecule has 1 aliphatic rings. The molecule has 8 heavy (non-hydrogen) atoms. The molecule has 1 fully saturated rings. The zero-order chi connectivity index (χ0) is 5.82. The first kappa shape index (κ1) is 6.99. The second-order valence-corrected chi connectivity index (χ2v) is 3.45. The van der Waals surface area contributed by atoms with E-state index in [0.717, 1.165) is 26.2 Å². The quantitative estimate of drug-likeness (QED) is 0.666. The molecule has 0 aliphatic heterocycles. The van der Waals surface area contributed by atoms with Gasteiger partial charge < -0.3 is 0 Å². The fraction of sp³-hybridized carbons (Fsp3) is 1.00. The molecule has 1 nitrogen and oxygen atoms in total. The Morgan fingerprint density at radius 3 is 2.12 bits per heavy atom. The van der Waals surface area contributed by atoms with E-state index in [-0.39, 0.29) is 0 Å². The second kappa shape index (κ2) is 3.82. The van der Waals surface area contributed by atoms with Gasteiger partial charge in [0, 0.05) is 0 Å². The molecule has 0 saturated heterocycles. The summed E-state index contributed by atoms with van der Waals surface area (Å²) in [5.74, 6) is 0. The van der Waals surface area contributed by atoms with Crippen molar-refractivity contribution in [3.8, 4) is 0 Å². The van der Waals surface area contributed by atoms with E-state index in [1.54, 1.807) is 0 Å². The number of rotatable bonds is 1. The molecule has 44 valence electrons. The van der Waals surface area contributed by atoms with Crippen LogP contribution in [0.25, 0.3) is 0 Å². The topological polar surface area (TPSA) is 9.23 Å². The molecule has 1 aliphatic carbocycles. The average Bonchev–Trinajstić information content (AvgIpc) is 1.90. The van der Waals surface area contributed by atoms with E-state index in [1.165, 1.54) is 32.1 Å². The molecule has 0 atom stereocenters. The van der Waals surface area contributed by atoms with Gasteiger partial charge >= 0.3 is 67.1 Å². The molecule has 0 bridgehead atoms. The summed E-state index contributed by atoms with van der Waals surface area (Å²) in [6.07, 6.45) is 7.56. The summed E-state index contributed by atoms with van der Waals surface area (Å²) in [6, 6.07) is 0. The van der Waals surface area contributed by atoms with Gasteiger partial charge in [-0.2, -0.15) is 0 Å². The van der Waals surface area contributed by atoms with Gasteiger partial charge in [-0.15, -0.1) is 0 Å². The summed E-state index contributed by atoms with van der Waals surface area (Å²) < 4.78 is 5.36. The van der Waals surface area contributed by atoms with E-state index >= 15 is 0 Å². The van der Waals surface area contributed by atoms with Crippen molar-refractivity contribution >= 4 is 26.2 Å². The fourth-order valence-electron chi connectivity index (χ4n) is 1.20. The van der Waals surface area contributed by atoms with Gasteiger partial charge in [0.2, 0.25) is 0 Å². The van der Waals surface area contributed by atoms with Crippen LogP contribution in [0.1, 0.15) is 32.1 Å². The van der Waals surface area contributed by atoms with E-state index in [2.05, 4.69) is 0 Å². The third-order valence-electron chi connectivity index (χ3n) is 1.74. The summed E-state index contributed by atoms with van der Waals surface area (Å²) in [5, 5.41) is 0. The van der Waals surface area contributed by atoms with Crippen LogP contribution in [0.5, 0.6) is 0 Å². The second-order valence-electron chi connectivity index (χ2n) is 2.40. The first-order valence-electron chi connectivity index (χ1n) is 3.29.